The summed E-state index contributed by atoms with van der Waals surface area (Å²) in [6.07, 6.45) is 3.62. The molecule has 2 aromatic rings. The van der Waals surface area contributed by atoms with Crippen molar-refractivity contribution in [1.29, 1.82) is 5.26 Å². The molecule has 0 spiro atoms. The van der Waals surface area contributed by atoms with E-state index in [0.717, 1.165) is 15.8 Å². The summed E-state index contributed by atoms with van der Waals surface area (Å²) in [5, 5.41) is 16.0. The molecule has 0 bridgehead atoms. The minimum absolute atomic E-state index is 0.628. The maximum Gasteiger partial charge on any atom is 0.0992 e. The van der Waals surface area contributed by atoms with Crippen LogP contribution in [0.4, 0.5) is 11.4 Å². The number of benzene rings is 1. The molecule has 2 rings (SSSR count). The fraction of sp³-hybridized carbons (Fsp3) is 0.0909. The summed E-state index contributed by atoms with van der Waals surface area (Å²) in [6.45, 7) is 0. The average molecular weight is 277 g/mol. The zero-order valence-corrected chi connectivity index (χ0v) is 10.2. The molecule has 16 heavy (non-hydrogen) atoms. The maximum atomic E-state index is 8.74. The minimum Gasteiger partial charge on any atom is -0.352 e. The Labute approximate surface area is 102 Å². The Balaban J connectivity index is 2.26. The number of nitriles is 1. The number of rotatable bonds is 2. The molecule has 0 fully saturated rings. The number of aromatic nitrogens is 2. The number of anilines is 2. The summed E-state index contributed by atoms with van der Waals surface area (Å²) in [6, 6.07) is 7.49. The highest BCUT2D eigenvalue weighted by Crippen LogP contribution is 2.26. The summed E-state index contributed by atoms with van der Waals surface area (Å²) in [5.41, 5.74) is 2.45. The Morgan fingerprint density at radius 1 is 1.50 bits per heavy atom. The predicted molar refractivity (Wildman–Crippen MR) is 65.3 cm³/mol. The van der Waals surface area contributed by atoms with Crippen LogP contribution in [-0.2, 0) is 7.05 Å². The van der Waals surface area contributed by atoms with E-state index in [1.165, 1.54) is 0 Å². The molecule has 5 heteroatoms. The van der Waals surface area contributed by atoms with Crippen molar-refractivity contribution in [2.75, 3.05) is 5.32 Å². The number of hydrogen-bond acceptors (Lipinski definition) is 3. The van der Waals surface area contributed by atoms with Gasteiger partial charge in [0.2, 0.25) is 0 Å². The van der Waals surface area contributed by atoms with E-state index in [0.29, 0.717) is 5.56 Å². The van der Waals surface area contributed by atoms with E-state index < -0.39 is 0 Å². The van der Waals surface area contributed by atoms with Crippen LogP contribution in [-0.4, -0.2) is 9.78 Å². The Kier molecular flexibility index (Phi) is 2.93. The molecule has 0 unspecified atom stereocenters. The molecule has 0 saturated carbocycles. The molecule has 1 heterocycles. The number of aryl methyl sites for hydroxylation is 1. The van der Waals surface area contributed by atoms with Crippen molar-refractivity contribution in [3.8, 4) is 6.07 Å². The second-order valence-electron chi connectivity index (χ2n) is 3.33. The molecule has 0 aliphatic heterocycles. The van der Waals surface area contributed by atoms with Gasteiger partial charge in [0.1, 0.15) is 0 Å². The SMILES string of the molecule is Cn1cc(Nc2ccc(C#N)cc2Br)cn1. The van der Waals surface area contributed by atoms with Gasteiger partial charge in [0.25, 0.3) is 0 Å². The highest BCUT2D eigenvalue weighted by molar-refractivity contribution is 9.10. The van der Waals surface area contributed by atoms with E-state index in [9.17, 15) is 0 Å². The van der Waals surface area contributed by atoms with Crippen molar-refractivity contribution in [3.63, 3.8) is 0 Å². The second kappa shape index (κ2) is 4.37. The monoisotopic (exact) mass is 276 g/mol. The van der Waals surface area contributed by atoms with Gasteiger partial charge < -0.3 is 5.32 Å². The zero-order valence-electron chi connectivity index (χ0n) is 8.61. The average Bonchev–Trinajstić information content (AvgIpc) is 2.67. The predicted octanol–water partition coefficient (Wildman–Crippen LogP) is 2.80. The minimum atomic E-state index is 0.628. The normalized spacial score (nSPS) is 9.81. The van der Waals surface area contributed by atoms with E-state index in [1.807, 2.05) is 19.3 Å². The van der Waals surface area contributed by atoms with Crippen molar-refractivity contribution in [1.82, 2.24) is 9.78 Å². The molecule has 0 radical (unpaired) electrons. The van der Waals surface area contributed by atoms with Gasteiger partial charge in [0, 0.05) is 17.7 Å². The lowest BCUT2D eigenvalue weighted by molar-refractivity contribution is 0.768. The van der Waals surface area contributed by atoms with E-state index >= 15 is 0 Å². The number of nitrogens with zero attached hydrogens (tertiary/aromatic N) is 3. The molecule has 0 aliphatic rings. The molecular formula is C11H9BrN4. The van der Waals surface area contributed by atoms with Crippen LogP contribution in [0.15, 0.2) is 35.1 Å². The van der Waals surface area contributed by atoms with Crippen molar-refractivity contribution >= 4 is 27.3 Å². The van der Waals surface area contributed by atoms with Crippen LogP contribution < -0.4 is 5.32 Å². The fourth-order valence-electron chi connectivity index (χ4n) is 1.33. The standard InChI is InChI=1S/C11H9BrN4/c1-16-7-9(6-14-16)15-11-3-2-8(5-13)4-10(11)12/h2-4,6-7,15H,1H3. The number of hydrogen-bond donors (Lipinski definition) is 1. The smallest absolute Gasteiger partial charge is 0.0992 e. The molecule has 0 saturated heterocycles. The first-order valence-electron chi connectivity index (χ1n) is 4.64. The lowest BCUT2D eigenvalue weighted by Gasteiger charge is -2.05. The lowest BCUT2D eigenvalue weighted by Crippen LogP contribution is -1.90. The van der Waals surface area contributed by atoms with Crippen LogP contribution in [0.2, 0.25) is 0 Å². The van der Waals surface area contributed by atoms with E-state index in [-0.39, 0.29) is 0 Å². The van der Waals surface area contributed by atoms with E-state index in [4.69, 9.17) is 5.26 Å². The van der Waals surface area contributed by atoms with Gasteiger partial charge in [0.15, 0.2) is 0 Å². The maximum absolute atomic E-state index is 8.74. The fourth-order valence-corrected chi connectivity index (χ4v) is 1.81. The molecule has 0 amide bonds. The van der Waals surface area contributed by atoms with Gasteiger partial charge in [-0.3, -0.25) is 4.68 Å². The number of nitrogens with one attached hydrogen (secondary N) is 1. The topological polar surface area (TPSA) is 53.6 Å². The van der Waals surface area contributed by atoms with Crippen molar-refractivity contribution in [3.05, 3.63) is 40.6 Å². The molecule has 0 aliphatic carbocycles. The van der Waals surface area contributed by atoms with Gasteiger partial charge in [-0.2, -0.15) is 10.4 Å². The Morgan fingerprint density at radius 3 is 2.88 bits per heavy atom. The second-order valence-corrected chi connectivity index (χ2v) is 4.19. The highest BCUT2D eigenvalue weighted by Gasteiger charge is 2.02. The summed E-state index contributed by atoms with van der Waals surface area (Å²) in [5.74, 6) is 0. The quantitative estimate of drug-likeness (QED) is 0.918. The van der Waals surface area contributed by atoms with Gasteiger partial charge >= 0.3 is 0 Å². The molecule has 1 aromatic heterocycles. The van der Waals surface area contributed by atoms with Gasteiger partial charge in [-0.05, 0) is 34.1 Å². The van der Waals surface area contributed by atoms with Crippen molar-refractivity contribution in [2.45, 2.75) is 0 Å². The van der Waals surface area contributed by atoms with Crippen LogP contribution in [0.3, 0.4) is 0 Å². The van der Waals surface area contributed by atoms with Crippen molar-refractivity contribution < 1.29 is 0 Å². The third-order valence-electron chi connectivity index (χ3n) is 2.08. The third-order valence-corrected chi connectivity index (χ3v) is 2.74. The summed E-state index contributed by atoms with van der Waals surface area (Å²) in [4.78, 5) is 0. The molecule has 0 atom stereocenters. The Morgan fingerprint density at radius 2 is 2.31 bits per heavy atom. The summed E-state index contributed by atoms with van der Waals surface area (Å²) in [7, 11) is 1.86. The molecule has 1 aromatic carbocycles. The summed E-state index contributed by atoms with van der Waals surface area (Å²) < 4.78 is 2.58. The largest absolute Gasteiger partial charge is 0.352 e. The first-order chi connectivity index (χ1) is 7.69. The van der Waals surface area contributed by atoms with Crippen LogP contribution in [0, 0.1) is 11.3 Å². The molecule has 1 N–H and O–H groups in total. The van der Waals surface area contributed by atoms with Crippen molar-refractivity contribution in [2.24, 2.45) is 7.05 Å². The Hall–Kier alpha value is -1.80. The van der Waals surface area contributed by atoms with Crippen LogP contribution in [0.1, 0.15) is 5.56 Å². The summed E-state index contributed by atoms with van der Waals surface area (Å²) >= 11 is 3.41. The van der Waals surface area contributed by atoms with Gasteiger partial charge in [-0.1, -0.05) is 0 Å². The third kappa shape index (κ3) is 2.23. The molecular weight excluding hydrogens is 268 g/mol. The van der Waals surface area contributed by atoms with Crippen LogP contribution in [0.25, 0.3) is 0 Å². The highest BCUT2D eigenvalue weighted by atomic mass is 79.9. The molecule has 80 valence electrons. The van der Waals surface area contributed by atoms with Gasteiger partial charge in [0.05, 0.1) is 29.2 Å². The van der Waals surface area contributed by atoms with E-state index in [1.54, 1.807) is 23.0 Å². The van der Waals surface area contributed by atoms with E-state index in [2.05, 4.69) is 32.4 Å². The molecule has 4 nitrogen and oxygen atoms in total. The number of halogens is 1. The zero-order chi connectivity index (χ0) is 11.5. The first-order valence-corrected chi connectivity index (χ1v) is 5.43. The van der Waals surface area contributed by atoms with Gasteiger partial charge in [-0.15, -0.1) is 0 Å². The van der Waals surface area contributed by atoms with Crippen LogP contribution in [0.5, 0.6) is 0 Å². The lowest BCUT2D eigenvalue weighted by atomic mass is 10.2. The first kappa shape index (κ1) is 10.7. The Bertz CT molecular complexity index is 553. The van der Waals surface area contributed by atoms with Crippen LogP contribution >= 0.6 is 15.9 Å². The van der Waals surface area contributed by atoms with Gasteiger partial charge in [-0.25, -0.2) is 0 Å².